The van der Waals surface area contributed by atoms with E-state index in [1.54, 1.807) is 19.4 Å². The molecule has 0 saturated carbocycles. The number of rotatable bonds is 7. The van der Waals surface area contributed by atoms with Crippen LogP contribution in [0.1, 0.15) is 32.6 Å². The van der Waals surface area contributed by atoms with Crippen LogP contribution in [0.15, 0.2) is 60.8 Å². The third-order valence-electron chi connectivity index (χ3n) is 4.37. The molecule has 0 atom stereocenters. The molecule has 3 aromatic rings. The molecule has 5 nitrogen and oxygen atoms in total. The Morgan fingerprint density at radius 3 is 2.64 bits per heavy atom. The lowest BCUT2D eigenvalue weighted by Gasteiger charge is -2.11. The Kier molecular flexibility index (Phi) is 6.40. The Morgan fingerprint density at radius 1 is 1.07 bits per heavy atom. The van der Waals surface area contributed by atoms with Gasteiger partial charge >= 0.3 is 0 Å². The molecule has 144 valence electrons. The van der Waals surface area contributed by atoms with E-state index in [0.29, 0.717) is 24.6 Å². The fourth-order valence-electron chi connectivity index (χ4n) is 2.81. The first kappa shape index (κ1) is 19.6. The quantitative estimate of drug-likeness (QED) is 0.656. The Morgan fingerprint density at radius 2 is 1.89 bits per heavy atom. The number of hydrogen-bond acceptors (Lipinski definition) is 4. The van der Waals surface area contributed by atoms with Crippen molar-refractivity contribution in [1.29, 1.82) is 0 Å². The fraction of sp³-hybridized carbons (Fsp3) is 0.217. The number of nitrogens with one attached hydrogen (secondary N) is 1. The van der Waals surface area contributed by atoms with Gasteiger partial charge in [0.05, 0.1) is 6.61 Å². The number of carbonyl (C=O) groups is 1. The van der Waals surface area contributed by atoms with Gasteiger partial charge in [0.15, 0.2) is 0 Å². The van der Waals surface area contributed by atoms with Gasteiger partial charge in [0.2, 0.25) is 5.88 Å². The minimum atomic E-state index is -0.136. The summed E-state index contributed by atoms with van der Waals surface area (Å²) in [7, 11) is 1.61. The standard InChI is InChI=1S/C23H24N2O3/c1-16-8-9-17(2)21(12-16)28-22-11-10-18(13-24-22)14-25-23(26)20-7-5-4-6-19(20)15-27-3/h4-13H,14-15H2,1-3H3,(H,25,26). The van der Waals surface area contributed by atoms with Gasteiger partial charge in [-0.2, -0.15) is 0 Å². The molecule has 0 unspecified atom stereocenters. The van der Waals surface area contributed by atoms with Gasteiger partial charge in [-0.05, 0) is 48.2 Å². The number of nitrogens with zero attached hydrogens (tertiary/aromatic N) is 1. The number of amides is 1. The third kappa shape index (κ3) is 4.96. The fourth-order valence-corrected chi connectivity index (χ4v) is 2.81. The number of methoxy groups -OCH3 is 1. The first-order valence-electron chi connectivity index (χ1n) is 9.12. The largest absolute Gasteiger partial charge is 0.439 e. The Labute approximate surface area is 165 Å². The van der Waals surface area contributed by atoms with Crippen molar-refractivity contribution in [1.82, 2.24) is 10.3 Å². The maximum Gasteiger partial charge on any atom is 0.251 e. The molecule has 0 aliphatic carbocycles. The van der Waals surface area contributed by atoms with Gasteiger partial charge in [0.25, 0.3) is 5.91 Å². The summed E-state index contributed by atoms with van der Waals surface area (Å²) in [6, 6.07) is 17.2. The second kappa shape index (κ2) is 9.15. The van der Waals surface area contributed by atoms with Crippen molar-refractivity contribution >= 4 is 5.91 Å². The third-order valence-corrected chi connectivity index (χ3v) is 4.37. The van der Waals surface area contributed by atoms with E-state index < -0.39 is 0 Å². The van der Waals surface area contributed by atoms with Gasteiger partial charge in [-0.1, -0.05) is 36.4 Å². The average Bonchev–Trinajstić information content (AvgIpc) is 2.71. The van der Waals surface area contributed by atoms with Gasteiger partial charge in [-0.3, -0.25) is 4.79 Å². The minimum absolute atomic E-state index is 0.136. The highest BCUT2D eigenvalue weighted by atomic mass is 16.5. The van der Waals surface area contributed by atoms with Crippen molar-refractivity contribution in [2.24, 2.45) is 0 Å². The maximum absolute atomic E-state index is 12.5. The molecule has 0 fully saturated rings. The Hall–Kier alpha value is -3.18. The normalized spacial score (nSPS) is 10.5. The Bertz CT molecular complexity index is 952. The first-order valence-corrected chi connectivity index (χ1v) is 9.12. The zero-order valence-electron chi connectivity index (χ0n) is 16.4. The smallest absolute Gasteiger partial charge is 0.251 e. The first-order chi connectivity index (χ1) is 13.6. The second-order valence-electron chi connectivity index (χ2n) is 6.65. The molecule has 1 heterocycles. The summed E-state index contributed by atoms with van der Waals surface area (Å²) in [5, 5.41) is 2.92. The lowest BCUT2D eigenvalue weighted by Crippen LogP contribution is -2.24. The van der Waals surface area contributed by atoms with Gasteiger partial charge in [0, 0.05) is 31.5 Å². The van der Waals surface area contributed by atoms with E-state index >= 15 is 0 Å². The van der Waals surface area contributed by atoms with Crippen LogP contribution in [0.3, 0.4) is 0 Å². The predicted octanol–water partition coefficient (Wildman–Crippen LogP) is 4.57. The van der Waals surface area contributed by atoms with Crippen LogP contribution in [0, 0.1) is 13.8 Å². The van der Waals surface area contributed by atoms with E-state index in [4.69, 9.17) is 9.47 Å². The zero-order chi connectivity index (χ0) is 19.9. The van der Waals surface area contributed by atoms with Crippen molar-refractivity contribution in [2.75, 3.05) is 7.11 Å². The highest BCUT2D eigenvalue weighted by Crippen LogP contribution is 2.24. The minimum Gasteiger partial charge on any atom is -0.439 e. The molecule has 0 radical (unpaired) electrons. The van der Waals surface area contributed by atoms with Crippen LogP contribution in [0.2, 0.25) is 0 Å². The van der Waals surface area contributed by atoms with Crippen molar-refractivity contribution in [3.63, 3.8) is 0 Å². The molecular formula is C23H24N2O3. The molecule has 0 aliphatic rings. The zero-order valence-corrected chi connectivity index (χ0v) is 16.4. The van der Waals surface area contributed by atoms with Crippen LogP contribution in [0.4, 0.5) is 0 Å². The predicted molar refractivity (Wildman–Crippen MR) is 109 cm³/mol. The van der Waals surface area contributed by atoms with Gasteiger partial charge in [0.1, 0.15) is 5.75 Å². The highest BCUT2D eigenvalue weighted by molar-refractivity contribution is 5.95. The summed E-state index contributed by atoms with van der Waals surface area (Å²) in [6.45, 7) is 4.81. The maximum atomic E-state index is 12.5. The molecule has 1 N–H and O–H groups in total. The number of pyridine rings is 1. The van der Waals surface area contributed by atoms with Crippen molar-refractivity contribution < 1.29 is 14.3 Å². The van der Waals surface area contributed by atoms with Crippen LogP contribution < -0.4 is 10.1 Å². The number of ether oxygens (including phenoxy) is 2. The molecule has 0 aliphatic heterocycles. The molecule has 1 aromatic heterocycles. The summed E-state index contributed by atoms with van der Waals surface area (Å²) < 4.78 is 11.0. The van der Waals surface area contributed by atoms with Crippen LogP contribution in [-0.4, -0.2) is 18.0 Å². The molecule has 0 spiro atoms. The van der Waals surface area contributed by atoms with Crippen molar-refractivity contribution in [2.45, 2.75) is 27.0 Å². The van der Waals surface area contributed by atoms with E-state index in [-0.39, 0.29) is 5.91 Å². The molecule has 3 rings (SSSR count). The number of hydrogen-bond donors (Lipinski definition) is 1. The van der Waals surface area contributed by atoms with E-state index in [2.05, 4.69) is 10.3 Å². The number of aryl methyl sites for hydroxylation is 2. The number of carbonyl (C=O) groups excluding carboxylic acids is 1. The second-order valence-corrected chi connectivity index (χ2v) is 6.65. The monoisotopic (exact) mass is 376 g/mol. The van der Waals surface area contributed by atoms with E-state index in [1.165, 1.54) is 0 Å². The van der Waals surface area contributed by atoms with E-state index in [0.717, 1.165) is 28.0 Å². The van der Waals surface area contributed by atoms with Crippen LogP contribution in [0.25, 0.3) is 0 Å². The highest BCUT2D eigenvalue weighted by Gasteiger charge is 2.10. The molecule has 0 saturated heterocycles. The summed E-state index contributed by atoms with van der Waals surface area (Å²) in [6.07, 6.45) is 1.71. The van der Waals surface area contributed by atoms with Crippen molar-refractivity contribution in [3.05, 3.63) is 88.6 Å². The number of benzene rings is 2. The summed E-state index contributed by atoms with van der Waals surface area (Å²) >= 11 is 0. The molecule has 1 amide bonds. The lowest BCUT2D eigenvalue weighted by atomic mass is 10.1. The molecule has 2 aromatic carbocycles. The molecular weight excluding hydrogens is 352 g/mol. The van der Waals surface area contributed by atoms with Crippen molar-refractivity contribution in [3.8, 4) is 11.6 Å². The summed E-state index contributed by atoms with van der Waals surface area (Å²) in [5.41, 5.74) is 4.56. The molecule has 5 heteroatoms. The SMILES string of the molecule is COCc1ccccc1C(=O)NCc1ccc(Oc2cc(C)ccc2C)nc1. The Balaban J connectivity index is 1.62. The van der Waals surface area contributed by atoms with Crippen LogP contribution in [-0.2, 0) is 17.9 Å². The van der Waals surface area contributed by atoms with E-state index in [9.17, 15) is 4.79 Å². The lowest BCUT2D eigenvalue weighted by molar-refractivity contribution is 0.0946. The van der Waals surface area contributed by atoms with Crippen LogP contribution in [0.5, 0.6) is 11.6 Å². The number of aromatic nitrogens is 1. The summed E-state index contributed by atoms with van der Waals surface area (Å²) in [4.78, 5) is 16.8. The topological polar surface area (TPSA) is 60.5 Å². The molecule has 0 bridgehead atoms. The van der Waals surface area contributed by atoms with E-state index in [1.807, 2.05) is 62.4 Å². The van der Waals surface area contributed by atoms with Gasteiger partial charge in [-0.15, -0.1) is 0 Å². The van der Waals surface area contributed by atoms with Gasteiger partial charge in [-0.25, -0.2) is 4.98 Å². The van der Waals surface area contributed by atoms with Gasteiger partial charge < -0.3 is 14.8 Å². The summed E-state index contributed by atoms with van der Waals surface area (Å²) in [5.74, 6) is 1.18. The molecule has 28 heavy (non-hydrogen) atoms. The average molecular weight is 376 g/mol. The van der Waals surface area contributed by atoms with Crippen LogP contribution >= 0.6 is 0 Å².